The summed E-state index contributed by atoms with van der Waals surface area (Å²) >= 11 is 0. The fourth-order valence-electron chi connectivity index (χ4n) is 2.25. The average molecular weight is 277 g/mol. The molecular weight excluding hydrogens is 266 g/mol. The molecule has 0 bridgehead atoms. The summed E-state index contributed by atoms with van der Waals surface area (Å²) in [6.45, 7) is 0. The molecule has 2 heterocycles. The highest BCUT2D eigenvalue weighted by atomic mass is 16.5. The summed E-state index contributed by atoms with van der Waals surface area (Å²) in [5.74, 6) is 1.18. The quantitative estimate of drug-likeness (QED) is 0.587. The summed E-state index contributed by atoms with van der Waals surface area (Å²) in [5, 5.41) is 14.4. The van der Waals surface area contributed by atoms with E-state index in [2.05, 4.69) is 15.1 Å². The number of rotatable bonds is 2. The number of fused-ring (bicyclic) bond motifs is 1. The van der Waals surface area contributed by atoms with Gasteiger partial charge in [-0.2, -0.15) is 4.98 Å². The number of phenols is 1. The summed E-state index contributed by atoms with van der Waals surface area (Å²) < 4.78 is 5.29. The Bertz CT molecular complexity index is 907. The molecule has 5 nitrogen and oxygen atoms in total. The minimum absolute atomic E-state index is 0.205. The molecule has 0 unspecified atom stereocenters. The van der Waals surface area contributed by atoms with Crippen molar-refractivity contribution in [2.24, 2.45) is 0 Å². The van der Waals surface area contributed by atoms with E-state index in [1.165, 1.54) is 0 Å². The average Bonchev–Trinajstić information content (AvgIpc) is 3.16. The van der Waals surface area contributed by atoms with E-state index in [9.17, 15) is 5.11 Å². The highest BCUT2D eigenvalue weighted by Gasteiger charge is 2.11. The number of benzene rings is 2. The third-order valence-corrected chi connectivity index (χ3v) is 3.35. The lowest BCUT2D eigenvalue weighted by Gasteiger charge is -1.95. The summed E-state index contributed by atoms with van der Waals surface area (Å²) in [4.78, 5) is 7.55. The Morgan fingerprint density at radius 1 is 0.952 bits per heavy atom. The van der Waals surface area contributed by atoms with Gasteiger partial charge < -0.3 is 14.6 Å². The first-order chi connectivity index (χ1) is 10.3. The van der Waals surface area contributed by atoms with Crippen molar-refractivity contribution in [2.45, 2.75) is 0 Å². The minimum Gasteiger partial charge on any atom is -0.508 e. The van der Waals surface area contributed by atoms with E-state index in [1.807, 2.05) is 30.5 Å². The zero-order valence-electron chi connectivity index (χ0n) is 10.9. The maximum absolute atomic E-state index is 9.30. The van der Waals surface area contributed by atoms with E-state index in [0.717, 1.165) is 22.0 Å². The molecule has 2 aromatic carbocycles. The first-order valence-corrected chi connectivity index (χ1v) is 6.50. The molecule has 0 atom stereocenters. The first-order valence-electron chi connectivity index (χ1n) is 6.50. The second kappa shape index (κ2) is 4.49. The third kappa shape index (κ3) is 2.04. The molecule has 21 heavy (non-hydrogen) atoms. The fourth-order valence-corrected chi connectivity index (χ4v) is 2.25. The summed E-state index contributed by atoms with van der Waals surface area (Å²) in [6.07, 6.45) is 1.90. The Kier molecular flexibility index (Phi) is 2.50. The highest BCUT2D eigenvalue weighted by molar-refractivity contribution is 5.83. The van der Waals surface area contributed by atoms with Crippen LogP contribution in [0.25, 0.3) is 33.7 Å². The van der Waals surface area contributed by atoms with Crippen molar-refractivity contribution < 1.29 is 9.63 Å². The molecule has 0 saturated carbocycles. The van der Waals surface area contributed by atoms with Crippen LogP contribution < -0.4 is 0 Å². The van der Waals surface area contributed by atoms with Gasteiger partial charge in [0.1, 0.15) is 5.75 Å². The zero-order valence-corrected chi connectivity index (χ0v) is 10.9. The Balaban J connectivity index is 1.74. The van der Waals surface area contributed by atoms with Crippen LogP contribution >= 0.6 is 0 Å². The van der Waals surface area contributed by atoms with Crippen LogP contribution in [0, 0.1) is 0 Å². The Labute approximate surface area is 119 Å². The van der Waals surface area contributed by atoms with Crippen LogP contribution in [0.2, 0.25) is 0 Å². The second-order valence-electron chi connectivity index (χ2n) is 4.75. The fraction of sp³-hybridized carbons (Fsp3) is 0. The molecule has 0 aliphatic carbocycles. The molecule has 0 spiro atoms. The normalized spacial score (nSPS) is 11.0. The molecule has 0 aliphatic heterocycles. The lowest BCUT2D eigenvalue weighted by molar-refractivity contribution is 0.432. The largest absolute Gasteiger partial charge is 0.508 e. The van der Waals surface area contributed by atoms with Gasteiger partial charge in [0.15, 0.2) is 0 Å². The van der Waals surface area contributed by atoms with Gasteiger partial charge in [-0.1, -0.05) is 5.16 Å². The topological polar surface area (TPSA) is 74.9 Å². The molecule has 0 radical (unpaired) electrons. The van der Waals surface area contributed by atoms with Crippen molar-refractivity contribution >= 4 is 10.9 Å². The van der Waals surface area contributed by atoms with Crippen LogP contribution in [-0.2, 0) is 0 Å². The number of phenolic OH excluding ortho intramolecular Hbond substituents is 1. The molecular formula is C16H11N3O2. The third-order valence-electron chi connectivity index (χ3n) is 3.35. The van der Waals surface area contributed by atoms with Crippen LogP contribution in [0.5, 0.6) is 5.75 Å². The number of nitrogens with one attached hydrogen (secondary N) is 1. The van der Waals surface area contributed by atoms with Crippen molar-refractivity contribution in [3.8, 4) is 28.6 Å². The van der Waals surface area contributed by atoms with Gasteiger partial charge in [-0.3, -0.25) is 0 Å². The van der Waals surface area contributed by atoms with E-state index in [4.69, 9.17) is 4.52 Å². The molecule has 4 rings (SSSR count). The molecule has 2 N–H and O–H groups in total. The molecule has 0 saturated heterocycles. The van der Waals surface area contributed by atoms with E-state index >= 15 is 0 Å². The van der Waals surface area contributed by atoms with Gasteiger partial charge in [0.2, 0.25) is 5.82 Å². The maximum Gasteiger partial charge on any atom is 0.258 e. The summed E-state index contributed by atoms with van der Waals surface area (Å²) in [7, 11) is 0. The summed E-state index contributed by atoms with van der Waals surface area (Å²) in [5.41, 5.74) is 2.74. The number of hydrogen-bond acceptors (Lipinski definition) is 4. The smallest absolute Gasteiger partial charge is 0.258 e. The van der Waals surface area contributed by atoms with Crippen LogP contribution in [0.15, 0.2) is 59.3 Å². The molecule has 5 heteroatoms. The van der Waals surface area contributed by atoms with Crippen molar-refractivity contribution in [3.05, 3.63) is 54.7 Å². The minimum atomic E-state index is 0.205. The lowest BCUT2D eigenvalue weighted by Crippen LogP contribution is -1.81. The van der Waals surface area contributed by atoms with E-state index in [1.54, 1.807) is 24.3 Å². The predicted octanol–water partition coefficient (Wildman–Crippen LogP) is 3.59. The van der Waals surface area contributed by atoms with Crippen LogP contribution in [0.4, 0.5) is 0 Å². The number of aromatic hydroxyl groups is 1. The van der Waals surface area contributed by atoms with E-state index in [-0.39, 0.29) is 5.75 Å². The molecule has 2 aromatic heterocycles. The van der Waals surface area contributed by atoms with Crippen molar-refractivity contribution in [1.29, 1.82) is 0 Å². The molecule has 102 valence electrons. The lowest BCUT2D eigenvalue weighted by atomic mass is 10.1. The number of aromatic amines is 1. The monoisotopic (exact) mass is 277 g/mol. The highest BCUT2D eigenvalue weighted by Crippen LogP contribution is 2.25. The van der Waals surface area contributed by atoms with Crippen LogP contribution in [0.3, 0.4) is 0 Å². The van der Waals surface area contributed by atoms with Gasteiger partial charge in [-0.25, -0.2) is 0 Å². The van der Waals surface area contributed by atoms with Crippen molar-refractivity contribution in [3.63, 3.8) is 0 Å². The molecule has 0 fully saturated rings. The van der Waals surface area contributed by atoms with Gasteiger partial charge >= 0.3 is 0 Å². The number of nitrogens with zero attached hydrogens (tertiary/aromatic N) is 2. The summed E-state index contributed by atoms with van der Waals surface area (Å²) in [6, 6.07) is 14.6. The Morgan fingerprint density at radius 3 is 2.62 bits per heavy atom. The number of hydrogen-bond donors (Lipinski definition) is 2. The van der Waals surface area contributed by atoms with E-state index < -0.39 is 0 Å². The predicted molar refractivity (Wildman–Crippen MR) is 78.7 cm³/mol. The van der Waals surface area contributed by atoms with Crippen LogP contribution in [-0.4, -0.2) is 20.2 Å². The van der Waals surface area contributed by atoms with Crippen LogP contribution in [0.1, 0.15) is 0 Å². The van der Waals surface area contributed by atoms with Crippen molar-refractivity contribution in [1.82, 2.24) is 15.1 Å². The molecule has 0 aliphatic rings. The Morgan fingerprint density at radius 2 is 1.76 bits per heavy atom. The van der Waals surface area contributed by atoms with E-state index in [0.29, 0.717) is 11.7 Å². The standard InChI is InChI=1S/C16H11N3O2/c20-13-4-1-10(2-5-13)16-18-15(19-21-16)12-3-6-14-11(9-12)7-8-17-14/h1-9,17,20H. The second-order valence-corrected chi connectivity index (χ2v) is 4.75. The Hall–Kier alpha value is -3.08. The van der Waals surface area contributed by atoms with Gasteiger partial charge in [0.25, 0.3) is 5.89 Å². The SMILES string of the molecule is Oc1ccc(-c2nc(-c3ccc4[nH]ccc4c3)no2)cc1. The van der Waals surface area contributed by atoms with Crippen molar-refractivity contribution in [2.75, 3.05) is 0 Å². The first kappa shape index (κ1) is 11.7. The van der Waals surface area contributed by atoms with Gasteiger partial charge in [-0.15, -0.1) is 0 Å². The van der Waals surface area contributed by atoms with Gasteiger partial charge in [-0.05, 0) is 48.5 Å². The number of aromatic nitrogens is 3. The molecule has 4 aromatic rings. The van der Waals surface area contributed by atoms with Gasteiger partial charge in [0.05, 0.1) is 0 Å². The van der Waals surface area contributed by atoms with Gasteiger partial charge in [0, 0.05) is 28.2 Å². The zero-order chi connectivity index (χ0) is 14.2. The number of H-pyrrole nitrogens is 1. The molecule has 0 amide bonds. The maximum atomic E-state index is 9.30.